The van der Waals surface area contributed by atoms with Crippen LogP contribution in [0.25, 0.3) is 10.9 Å². The Balaban J connectivity index is 1.76. The second kappa shape index (κ2) is 6.15. The van der Waals surface area contributed by atoms with Crippen LogP contribution in [0.3, 0.4) is 0 Å². The summed E-state index contributed by atoms with van der Waals surface area (Å²) in [6.07, 6.45) is 4.80. The number of morpholine rings is 1. The van der Waals surface area contributed by atoms with Crippen molar-refractivity contribution < 1.29 is 4.74 Å². The van der Waals surface area contributed by atoms with Gasteiger partial charge in [-0.1, -0.05) is 6.92 Å². The Bertz CT molecular complexity index is 569. The first-order valence-electron chi connectivity index (χ1n) is 7.16. The summed E-state index contributed by atoms with van der Waals surface area (Å²) in [4.78, 5) is 8.74. The highest BCUT2D eigenvalue weighted by molar-refractivity contribution is 5.78. The van der Waals surface area contributed by atoms with Crippen molar-refractivity contribution in [3.63, 3.8) is 0 Å². The highest BCUT2D eigenvalue weighted by Gasteiger charge is 2.23. The van der Waals surface area contributed by atoms with Crippen LogP contribution in [0.15, 0.2) is 30.6 Å². The molecule has 5 heteroatoms. The molecule has 1 aliphatic rings. The van der Waals surface area contributed by atoms with Gasteiger partial charge < -0.3 is 15.4 Å². The van der Waals surface area contributed by atoms with E-state index in [0.717, 1.165) is 42.8 Å². The van der Waals surface area contributed by atoms with Crippen molar-refractivity contribution in [2.45, 2.75) is 25.5 Å². The molecule has 2 unspecified atom stereocenters. The Kier molecular flexibility index (Phi) is 4.08. The maximum atomic E-state index is 5.83. The molecule has 2 atom stereocenters. The number of fused-ring (bicyclic) bond motifs is 1. The van der Waals surface area contributed by atoms with Crippen molar-refractivity contribution in [2.24, 2.45) is 0 Å². The van der Waals surface area contributed by atoms with Crippen molar-refractivity contribution in [1.82, 2.24) is 15.3 Å². The van der Waals surface area contributed by atoms with E-state index in [0.29, 0.717) is 0 Å². The van der Waals surface area contributed by atoms with E-state index in [4.69, 9.17) is 4.74 Å². The summed E-state index contributed by atoms with van der Waals surface area (Å²) in [6.45, 7) is 4.78. The van der Waals surface area contributed by atoms with Crippen molar-refractivity contribution in [3.8, 4) is 0 Å². The fourth-order valence-corrected chi connectivity index (χ4v) is 2.54. The highest BCUT2D eigenvalue weighted by Crippen LogP contribution is 2.17. The number of aromatic nitrogens is 2. The van der Waals surface area contributed by atoms with Gasteiger partial charge >= 0.3 is 0 Å². The summed E-state index contributed by atoms with van der Waals surface area (Å²) < 4.78 is 5.83. The molecule has 0 saturated carbocycles. The van der Waals surface area contributed by atoms with E-state index in [1.807, 2.05) is 24.4 Å². The molecule has 3 rings (SSSR count). The summed E-state index contributed by atoms with van der Waals surface area (Å²) in [7, 11) is 0. The van der Waals surface area contributed by atoms with Gasteiger partial charge in [0.1, 0.15) is 5.82 Å². The quantitative estimate of drug-likeness (QED) is 0.889. The lowest BCUT2D eigenvalue weighted by molar-refractivity contribution is 0.0161. The van der Waals surface area contributed by atoms with E-state index in [9.17, 15) is 0 Å². The number of nitrogens with one attached hydrogen (secondary N) is 2. The summed E-state index contributed by atoms with van der Waals surface area (Å²) in [5, 5.41) is 7.92. The van der Waals surface area contributed by atoms with Crippen LogP contribution < -0.4 is 10.6 Å². The minimum absolute atomic E-state index is 0.198. The molecule has 2 N–H and O–H groups in total. The lowest BCUT2D eigenvalue weighted by Gasteiger charge is -2.31. The zero-order valence-electron chi connectivity index (χ0n) is 11.7. The average molecular weight is 272 g/mol. The smallest absolute Gasteiger partial charge is 0.126 e. The summed E-state index contributed by atoms with van der Waals surface area (Å²) in [6, 6.07) is 6.25. The van der Waals surface area contributed by atoms with Crippen molar-refractivity contribution in [3.05, 3.63) is 30.6 Å². The third-order valence-electron chi connectivity index (χ3n) is 3.67. The summed E-state index contributed by atoms with van der Waals surface area (Å²) >= 11 is 0. The van der Waals surface area contributed by atoms with E-state index in [1.54, 1.807) is 6.20 Å². The maximum Gasteiger partial charge on any atom is 0.126 e. The van der Waals surface area contributed by atoms with Crippen LogP contribution in [0.5, 0.6) is 0 Å². The SMILES string of the molecule is CCC(Nc1ccc2cnccc2n1)C1CNCCO1. The van der Waals surface area contributed by atoms with Crippen LogP contribution in [0.1, 0.15) is 13.3 Å². The van der Waals surface area contributed by atoms with Gasteiger partial charge in [-0.25, -0.2) is 4.98 Å². The van der Waals surface area contributed by atoms with Crippen LogP contribution in [-0.4, -0.2) is 41.8 Å². The Morgan fingerprint density at radius 3 is 3.20 bits per heavy atom. The standard InChI is InChI=1S/C15H20N4O/c1-2-12(14-10-17-7-8-20-14)18-15-4-3-11-9-16-6-5-13(11)19-15/h3-6,9,12,14,17H,2,7-8,10H2,1H3,(H,18,19). The molecule has 1 aliphatic heterocycles. The first kappa shape index (κ1) is 13.3. The van der Waals surface area contributed by atoms with Crippen molar-refractivity contribution in [1.29, 1.82) is 0 Å². The molecule has 1 fully saturated rings. The second-order valence-corrected chi connectivity index (χ2v) is 5.04. The molecule has 2 aromatic heterocycles. The van der Waals surface area contributed by atoms with E-state index in [-0.39, 0.29) is 12.1 Å². The molecule has 5 nitrogen and oxygen atoms in total. The minimum atomic E-state index is 0.198. The third-order valence-corrected chi connectivity index (χ3v) is 3.67. The number of ether oxygens (including phenoxy) is 1. The van der Waals surface area contributed by atoms with Gasteiger partial charge in [-0.05, 0) is 24.6 Å². The number of anilines is 1. The zero-order chi connectivity index (χ0) is 13.8. The molecule has 0 aromatic carbocycles. The van der Waals surface area contributed by atoms with Crippen LogP contribution in [-0.2, 0) is 4.74 Å². The van der Waals surface area contributed by atoms with Crippen molar-refractivity contribution in [2.75, 3.05) is 25.0 Å². The summed E-state index contributed by atoms with van der Waals surface area (Å²) in [5.74, 6) is 0.893. The van der Waals surface area contributed by atoms with E-state index < -0.39 is 0 Å². The second-order valence-electron chi connectivity index (χ2n) is 5.04. The van der Waals surface area contributed by atoms with Gasteiger partial charge in [0, 0.05) is 30.9 Å². The molecule has 3 heterocycles. The first-order valence-corrected chi connectivity index (χ1v) is 7.16. The Labute approximate surface area is 118 Å². The predicted octanol–water partition coefficient (Wildman–Crippen LogP) is 1.81. The Hall–Kier alpha value is -1.72. The normalized spacial score (nSPS) is 20.8. The van der Waals surface area contributed by atoms with Crippen LogP contribution >= 0.6 is 0 Å². The molecular weight excluding hydrogens is 252 g/mol. The largest absolute Gasteiger partial charge is 0.373 e. The van der Waals surface area contributed by atoms with Gasteiger partial charge in [-0.3, -0.25) is 4.98 Å². The molecule has 0 spiro atoms. The molecular formula is C15H20N4O. The Morgan fingerprint density at radius 1 is 1.45 bits per heavy atom. The third kappa shape index (κ3) is 2.89. The first-order chi connectivity index (χ1) is 9.86. The lowest BCUT2D eigenvalue weighted by Crippen LogP contribution is -2.47. The topological polar surface area (TPSA) is 59.1 Å². The van der Waals surface area contributed by atoms with Gasteiger partial charge in [-0.15, -0.1) is 0 Å². The predicted molar refractivity (Wildman–Crippen MR) is 79.8 cm³/mol. The number of hydrogen-bond acceptors (Lipinski definition) is 5. The number of hydrogen-bond donors (Lipinski definition) is 2. The molecule has 106 valence electrons. The van der Waals surface area contributed by atoms with E-state index in [1.165, 1.54) is 0 Å². The van der Waals surface area contributed by atoms with Crippen LogP contribution in [0.4, 0.5) is 5.82 Å². The molecule has 0 aliphatic carbocycles. The van der Waals surface area contributed by atoms with E-state index >= 15 is 0 Å². The fraction of sp³-hybridized carbons (Fsp3) is 0.467. The van der Waals surface area contributed by atoms with Gasteiger partial charge in [0.05, 0.1) is 24.3 Å². The number of nitrogens with zero attached hydrogens (tertiary/aromatic N) is 2. The fourth-order valence-electron chi connectivity index (χ4n) is 2.54. The van der Waals surface area contributed by atoms with E-state index in [2.05, 4.69) is 27.5 Å². The van der Waals surface area contributed by atoms with Gasteiger partial charge in [0.15, 0.2) is 0 Å². The minimum Gasteiger partial charge on any atom is -0.373 e. The monoisotopic (exact) mass is 272 g/mol. The summed E-state index contributed by atoms with van der Waals surface area (Å²) in [5.41, 5.74) is 0.961. The number of pyridine rings is 2. The Morgan fingerprint density at radius 2 is 2.40 bits per heavy atom. The number of rotatable bonds is 4. The zero-order valence-corrected chi connectivity index (χ0v) is 11.7. The molecule has 0 bridgehead atoms. The van der Waals surface area contributed by atoms with Gasteiger partial charge in [-0.2, -0.15) is 0 Å². The van der Waals surface area contributed by atoms with Crippen LogP contribution in [0.2, 0.25) is 0 Å². The highest BCUT2D eigenvalue weighted by atomic mass is 16.5. The van der Waals surface area contributed by atoms with Gasteiger partial charge in [0.2, 0.25) is 0 Å². The maximum absolute atomic E-state index is 5.83. The average Bonchev–Trinajstić information content (AvgIpc) is 2.53. The molecule has 20 heavy (non-hydrogen) atoms. The van der Waals surface area contributed by atoms with Gasteiger partial charge in [0.25, 0.3) is 0 Å². The lowest BCUT2D eigenvalue weighted by atomic mass is 10.1. The van der Waals surface area contributed by atoms with Crippen molar-refractivity contribution >= 4 is 16.7 Å². The molecule has 0 radical (unpaired) electrons. The van der Waals surface area contributed by atoms with Crippen LogP contribution in [0, 0.1) is 0 Å². The molecule has 2 aromatic rings. The molecule has 1 saturated heterocycles. The molecule has 0 amide bonds.